The number of amides is 1. The number of para-hydroxylation sites is 1. The van der Waals surface area contributed by atoms with E-state index in [1.165, 1.54) is 0 Å². The number of carbonyl (C=O) groups is 1. The summed E-state index contributed by atoms with van der Waals surface area (Å²) >= 11 is 1.71. The van der Waals surface area contributed by atoms with Crippen molar-refractivity contribution in [2.24, 2.45) is 5.92 Å². The van der Waals surface area contributed by atoms with Crippen LogP contribution in [-0.4, -0.2) is 36.6 Å². The lowest BCUT2D eigenvalue weighted by atomic mass is 9.96. The smallest absolute Gasteiger partial charge is 0.223 e. The summed E-state index contributed by atoms with van der Waals surface area (Å²) in [6, 6.07) is 6.54. The van der Waals surface area contributed by atoms with Crippen molar-refractivity contribution in [3.63, 3.8) is 0 Å². The number of nitrogens with one attached hydrogen (secondary N) is 1. The van der Waals surface area contributed by atoms with E-state index in [1.54, 1.807) is 11.3 Å². The van der Waals surface area contributed by atoms with Crippen molar-refractivity contribution in [3.05, 3.63) is 18.2 Å². The van der Waals surface area contributed by atoms with Gasteiger partial charge in [-0.25, -0.2) is 4.98 Å². The van der Waals surface area contributed by atoms with Gasteiger partial charge in [0.2, 0.25) is 5.91 Å². The van der Waals surface area contributed by atoms with Gasteiger partial charge in [0.25, 0.3) is 0 Å². The number of thiazole rings is 1. The van der Waals surface area contributed by atoms with E-state index < -0.39 is 0 Å². The monoisotopic (exact) mass is 345 g/mol. The molecule has 0 radical (unpaired) electrons. The van der Waals surface area contributed by atoms with Crippen molar-refractivity contribution < 1.29 is 9.53 Å². The normalized spacial score (nSPS) is 18.8. The van der Waals surface area contributed by atoms with Gasteiger partial charge in [0.15, 0.2) is 5.13 Å². The van der Waals surface area contributed by atoms with E-state index in [0.717, 1.165) is 59.9 Å². The third-order valence-corrected chi connectivity index (χ3v) is 5.81. The number of hydrogen-bond donors (Lipinski definition) is 1. The van der Waals surface area contributed by atoms with Crippen LogP contribution < -0.4 is 15.0 Å². The number of fused-ring (bicyclic) bond motifs is 1. The zero-order valence-corrected chi connectivity index (χ0v) is 14.8. The van der Waals surface area contributed by atoms with Crippen LogP contribution in [0.3, 0.4) is 0 Å². The summed E-state index contributed by atoms with van der Waals surface area (Å²) in [4.78, 5) is 19.3. The second kappa shape index (κ2) is 6.59. The highest BCUT2D eigenvalue weighted by Crippen LogP contribution is 2.35. The van der Waals surface area contributed by atoms with Crippen molar-refractivity contribution in [1.29, 1.82) is 0 Å². The fraction of sp³-hybridized carbons (Fsp3) is 0.556. The SMILES string of the molecule is CCOc1cccc2sc(N3CCC(C(=O)NC4CC4)CC3)nc12. The molecule has 1 amide bonds. The van der Waals surface area contributed by atoms with E-state index in [9.17, 15) is 4.79 Å². The highest BCUT2D eigenvalue weighted by atomic mass is 32.1. The molecule has 1 aromatic carbocycles. The van der Waals surface area contributed by atoms with Crippen molar-refractivity contribution in [1.82, 2.24) is 10.3 Å². The first-order valence-electron chi connectivity index (χ1n) is 8.82. The molecular formula is C18H23N3O2S. The summed E-state index contributed by atoms with van der Waals surface area (Å²) in [5.41, 5.74) is 0.952. The van der Waals surface area contributed by atoms with Gasteiger partial charge >= 0.3 is 0 Å². The van der Waals surface area contributed by atoms with Gasteiger partial charge in [0, 0.05) is 25.0 Å². The molecule has 1 aliphatic carbocycles. The van der Waals surface area contributed by atoms with Crippen LogP contribution in [0.15, 0.2) is 18.2 Å². The molecule has 24 heavy (non-hydrogen) atoms. The van der Waals surface area contributed by atoms with Gasteiger partial charge in [-0.15, -0.1) is 0 Å². The quantitative estimate of drug-likeness (QED) is 0.904. The maximum atomic E-state index is 12.2. The molecule has 1 saturated heterocycles. The number of rotatable bonds is 5. The van der Waals surface area contributed by atoms with Gasteiger partial charge in [-0.2, -0.15) is 0 Å². The summed E-state index contributed by atoms with van der Waals surface area (Å²) in [6.45, 7) is 4.43. The Morgan fingerprint density at radius 2 is 2.12 bits per heavy atom. The van der Waals surface area contributed by atoms with Crippen LogP contribution in [0.1, 0.15) is 32.6 Å². The predicted octanol–water partition coefficient (Wildman–Crippen LogP) is 3.19. The topological polar surface area (TPSA) is 54.5 Å². The average Bonchev–Trinajstić information content (AvgIpc) is 3.30. The Bertz CT molecular complexity index is 733. The van der Waals surface area contributed by atoms with Gasteiger partial charge < -0.3 is 15.0 Å². The van der Waals surface area contributed by atoms with Crippen LogP contribution in [0.5, 0.6) is 5.75 Å². The van der Waals surface area contributed by atoms with Gasteiger partial charge in [0.1, 0.15) is 11.3 Å². The summed E-state index contributed by atoms with van der Waals surface area (Å²) < 4.78 is 6.84. The lowest BCUT2D eigenvalue weighted by Crippen LogP contribution is -2.41. The highest BCUT2D eigenvalue weighted by molar-refractivity contribution is 7.22. The Balaban J connectivity index is 1.44. The van der Waals surface area contributed by atoms with Crippen LogP contribution in [0.4, 0.5) is 5.13 Å². The molecule has 128 valence electrons. The number of piperidine rings is 1. The van der Waals surface area contributed by atoms with E-state index >= 15 is 0 Å². The van der Waals surface area contributed by atoms with Gasteiger partial charge in [-0.1, -0.05) is 17.4 Å². The fourth-order valence-corrected chi connectivity index (χ4v) is 4.23. The number of carbonyl (C=O) groups excluding carboxylic acids is 1. The summed E-state index contributed by atoms with van der Waals surface area (Å²) in [7, 11) is 0. The van der Waals surface area contributed by atoms with E-state index in [4.69, 9.17) is 9.72 Å². The first kappa shape index (κ1) is 15.7. The van der Waals surface area contributed by atoms with Crippen molar-refractivity contribution in [2.75, 3.05) is 24.6 Å². The molecule has 0 atom stereocenters. The third-order valence-electron chi connectivity index (χ3n) is 4.73. The molecule has 6 heteroatoms. The Labute approximate surface area is 146 Å². The number of ether oxygens (including phenoxy) is 1. The van der Waals surface area contributed by atoms with Crippen LogP contribution in [0.2, 0.25) is 0 Å². The van der Waals surface area contributed by atoms with Crippen LogP contribution in [0, 0.1) is 5.92 Å². The number of benzene rings is 1. The van der Waals surface area contributed by atoms with Crippen molar-refractivity contribution in [2.45, 2.75) is 38.6 Å². The number of nitrogens with zero attached hydrogens (tertiary/aromatic N) is 2. The third kappa shape index (κ3) is 3.20. The Hall–Kier alpha value is -1.82. The molecule has 4 rings (SSSR count). The van der Waals surface area contributed by atoms with E-state index in [1.807, 2.05) is 19.1 Å². The highest BCUT2D eigenvalue weighted by Gasteiger charge is 2.30. The summed E-state index contributed by atoms with van der Waals surface area (Å²) in [5.74, 6) is 1.27. The van der Waals surface area contributed by atoms with Crippen molar-refractivity contribution >= 4 is 32.6 Å². The van der Waals surface area contributed by atoms with Gasteiger partial charge in [-0.05, 0) is 44.7 Å². The molecule has 1 aromatic heterocycles. The maximum absolute atomic E-state index is 12.2. The minimum atomic E-state index is 0.162. The molecule has 0 spiro atoms. The molecule has 0 bridgehead atoms. The minimum absolute atomic E-state index is 0.162. The predicted molar refractivity (Wildman–Crippen MR) is 96.9 cm³/mol. The maximum Gasteiger partial charge on any atom is 0.223 e. The fourth-order valence-electron chi connectivity index (χ4n) is 3.20. The Morgan fingerprint density at radius 3 is 2.83 bits per heavy atom. The number of hydrogen-bond acceptors (Lipinski definition) is 5. The second-order valence-electron chi connectivity index (χ2n) is 6.58. The van der Waals surface area contributed by atoms with Crippen LogP contribution in [0.25, 0.3) is 10.2 Å². The molecule has 1 aliphatic heterocycles. The average molecular weight is 345 g/mol. The van der Waals surface area contributed by atoms with Crippen LogP contribution in [-0.2, 0) is 4.79 Å². The second-order valence-corrected chi connectivity index (χ2v) is 7.59. The van der Waals surface area contributed by atoms with E-state index in [-0.39, 0.29) is 11.8 Å². The lowest BCUT2D eigenvalue weighted by molar-refractivity contribution is -0.125. The molecular weight excluding hydrogens is 322 g/mol. The molecule has 2 heterocycles. The Morgan fingerprint density at radius 1 is 1.33 bits per heavy atom. The molecule has 2 aliphatic rings. The molecule has 5 nitrogen and oxygen atoms in total. The van der Waals surface area contributed by atoms with Crippen LogP contribution >= 0.6 is 11.3 Å². The standard InChI is InChI=1S/C18H23N3O2S/c1-2-23-14-4-3-5-15-16(14)20-18(24-15)21-10-8-12(9-11-21)17(22)19-13-6-7-13/h3-5,12-13H,2,6-11H2,1H3,(H,19,22). The molecule has 1 saturated carbocycles. The molecule has 0 unspecified atom stereocenters. The summed E-state index contributed by atoms with van der Waals surface area (Å²) in [6.07, 6.45) is 4.12. The largest absolute Gasteiger partial charge is 0.492 e. The van der Waals surface area contributed by atoms with E-state index in [0.29, 0.717) is 12.6 Å². The molecule has 1 N–H and O–H groups in total. The lowest BCUT2D eigenvalue weighted by Gasteiger charge is -2.31. The first-order valence-corrected chi connectivity index (χ1v) is 9.64. The minimum Gasteiger partial charge on any atom is -0.492 e. The first-order chi connectivity index (χ1) is 11.7. The Kier molecular flexibility index (Phi) is 4.31. The summed E-state index contributed by atoms with van der Waals surface area (Å²) in [5, 5.41) is 4.17. The molecule has 2 aromatic rings. The zero-order chi connectivity index (χ0) is 16.5. The zero-order valence-electron chi connectivity index (χ0n) is 14.0. The van der Waals surface area contributed by atoms with Crippen molar-refractivity contribution in [3.8, 4) is 5.75 Å². The number of aromatic nitrogens is 1. The molecule has 2 fully saturated rings. The van der Waals surface area contributed by atoms with Gasteiger partial charge in [0.05, 0.1) is 11.3 Å². The van der Waals surface area contributed by atoms with E-state index in [2.05, 4.69) is 16.3 Å². The van der Waals surface area contributed by atoms with Gasteiger partial charge in [-0.3, -0.25) is 4.79 Å². The number of anilines is 1.